The second-order valence-electron chi connectivity index (χ2n) is 5.62. The van der Waals surface area contributed by atoms with Crippen molar-refractivity contribution in [2.24, 2.45) is 13.0 Å². The van der Waals surface area contributed by atoms with Crippen LogP contribution in [0.5, 0.6) is 0 Å². The molecule has 2 heterocycles. The highest BCUT2D eigenvalue weighted by Gasteiger charge is 2.30. The first kappa shape index (κ1) is 11.3. The minimum Gasteiger partial charge on any atom is -0.336 e. The number of fused-ring (bicyclic) bond motifs is 1. The standard InChI is InChI=1S/C14H23N3/c1-17-10-16-12-8-9-15-13(14(12)17)11-6-4-2-3-5-7-11/h10-11,13,15H,2-9H2,1H3. The zero-order valence-electron chi connectivity index (χ0n) is 10.8. The van der Waals surface area contributed by atoms with Crippen LogP contribution in [0.25, 0.3) is 0 Å². The predicted octanol–water partition coefficient (Wildman–Crippen LogP) is 2.58. The molecule has 0 aromatic carbocycles. The average Bonchev–Trinajstić information content (AvgIpc) is 2.59. The van der Waals surface area contributed by atoms with Gasteiger partial charge in [0.25, 0.3) is 0 Å². The summed E-state index contributed by atoms with van der Waals surface area (Å²) < 4.78 is 2.23. The third-order valence-electron chi connectivity index (χ3n) is 4.45. The smallest absolute Gasteiger partial charge is 0.0949 e. The number of imidazole rings is 1. The van der Waals surface area contributed by atoms with Gasteiger partial charge in [-0.2, -0.15) is 0 Å². The number of aryl methyl sites for hydroxylation is 1. The first-order valence-electron chi connectivity index (χ1n) is 7.10. The highest BCUT2D eigenvalue weighted by molar-refractivity contribution is 5.21. The zero-order chi connectivity index (χ0) is 11.7. The molecular weight excluding hydrogens is 210 g/mol. The zero-order valence-corrected chi connectivity index (χ0v) is 10.8. The summed E-state index contributed by atoms with van der Waals surface area (Å²) in [5.74, 6) is 0.826. The molecule has 0 saturated heterocycles. The van der Waals surface area contributed by atoms with E-state index in [0.29, 0.717) is 6.04 Å². The second-order valence-corrected chi connectivity index (χ2v) is 5.62. The van der Waals surface area contributed by atoms with Crippen LogP contribution in [0.2, 0.25) is 0 Å². The van der Waals surface area contributed by atoms with E-state index in [0.717, 1.165) is 18.9 Å². The molecule has 1 fully saturated rings. The van der Waals surface area contributed by atoms with Crippen molar-refractivity contribution in [2.75, 3.05) is 6.54 Å². The van der Waals surface area contributed by atoms with Crippen LogP contribution in [-0.2, 0) is 13.5 Å². The fraction of sp³-hybridized carbons (Fsp3) is 0.786. The van der Waals surface area contributed by atoms with Crippen molar-refractivity contribution in [1.82, 2.24) is 14.9 Å². The van der Waals surface area contributed by atoms with E-state index in [4.69, 9.17) is 0 Å². The summed E-state index contributed by atoms with van der Waals surface area (Å²) in [4.78, 5) is 4.55. The molecular formula is C14H23N3. The second kappa shape index (κ2) is 4.81. The van der Waals surface area contributed by atoms with Gasteiger partial charge in [-0.25, -0.2) is 4.98 Å². The Labute approximate surface area is 104 Å². The Hall–Kier alpha value is -0.830. The summed E-state index contributed by atoms with van der Waals surface area (Å²) in [7, 11) is 2.14. The number of nitrogens with zero attached hydrogens (tertiary/aromatic N) is 2. The molecule has 2 aliphatic rings. The predicted molar refractivity (Wildman–Crippen MR) is 68.8 cm³/mol. The van der Waals surface area contributed by atoms with Crippen molar-refractivity contribution < 1.29 is 0 Å². The lowest BCUT2D eigenvalue weighted by Gasteiger charge is -2.31. The van der Waals surface area contributed by atoms with Gasteiger partial charge in [0, 0.05) is 20.0 Å². The van der Waals surface area contributed by atoms with Crippen LogP contribution in [0, 0.1) is 5.92 Å². The van der Waals surface area contributed by atoms with Gasteiger partial charge in [-0.1, -0.05) is 25.7 Å². The van der Waals surface area contributed by atoms with Crippen LogP contribution in [0.15, 0.2) is 6.33 Å². The average molecular weight is 233 g/mol. The molecule has 0 amide bonds. The Morgan fingerprint density at radius 3 is 2.76 bits per heavy atom. The van der Waals surface area contributed by atoms with Gasteiger partial charge in [-0.05, 0) is 18.8 Å². The van der Waals surface area contributed by atoms with Gasteiger partial charge >= 0.3 is 0 Å². The van der Waals surface area contributed by atoms with E-state index in [2.05, 4.69) is 21.9 Å². The molecule has 1 aromatic rings. The summed E-state index contributed by atoms with van der Waals surface area (Å²) in [6.07, 6.45) is 11.6. The van der Waals surface area contributed by atoms with Crippen LogP contribution in [0.3, 0.4) is 0 Å². The minimum atomic E-state index is 0.560. The molecule has 3 rings (SSSR count). The van der Waals surface area contributed by atoms with Crippen LogP contribution < -0.4 is 5.32 Å². The molecule has 1 aliphatic carbocycles. The Morgan fingerprint density at radius 2 is 2.00 bits per heavy atom. The quantitative estimate of drug-likeness (QED) is 0.756. The molecule has 0 bridgehead atoms. The summed E-state index contributed by atoms with van der Waals surface area (Å²) in [5, 5.41) is 3.74. The van der Waals surface area contributed by atoms with Crippen molar-refractivity contribution in [3.05, 3.63) is 17.7 Å². The topological polar surface area (TPSA) is 29.9 Å². The molecule has 17 heavy (non-hydrogen) atoms. The summed E-state index contributed by atoms with van der Waals surface area (Å²) in [6.45, 7) is 1.10. The molecule has 3 heteroatoms. The van der Waals surface area contributed by atoms with E-state index in [9.17, 15) is 0 Å². The highest BCUT2D eigenvalue weighted by atomic mass is 15.1. The Morgan fingerprint density at radius 1 is 1.24 bits per heavy atom. The summed E-state index contributed by atoms with van der Waals surface area (Å²) in [5.41, 5.74) is 2.80. The fourth-order valence-electron chi connectivity index (χ4n) is 3.56. The lowest BCUT2D eigenvalue weighted by atomic mass is 9.87. The number of hydrogen-bond donors (Lipinski definition) is 1. The molecule has 1 aliphatic heterocycles. The normalized spacial score (nSPS) is 26.5. The van der Waals surface area contributed by atoms with Crippen LogP contribution in [0.1, 0.15) is 56.0 Å². The van der Waals surface area contributed by atoms with Crippen molar-refractivity contribution in [3.63, 3.8) is 0 Å². The Bertz CT molecular complexity index is 375. The third kappa shape index (κ3) is 2.13. The maximum absolute atomic E-state index is 4.55. The lowest BCUT2D eigenvalue weighted by molar-refractivity contribution is 0.303. The van der Waals surface area contributed by atoms with E-state index in [1.54, 1.807) is 0 Å². The summed E-state index contributed by atoms with van der Waals surface area (Å²) in [6, 6.07) is 0.560. The minimum absolute atomic E-state index is 0.560. The molecule has 1 saturated carbocycles. The van der Waals surface area contributed by atoms with Gasteiger partial charge in [0.1, 0.15) is 0 Å². The van der Waals surface area contributed by atoms with Gasteiger partial charge in [0.2, 0.25) is 0 Å². The largest absolute Gasteiger partial charge is 0.336 e. The monoisotopic (exact) mass is 233 g/mol. The summed E-state index contributed by atoms with van der Waals surface area (Å²) >= 11 is 0. The fourth-order valence-corrected chi connectivity index (χ4v) is 3.56. The molecule has 1 aromatic heterocycles. The molecule has 1 unspecified atom stereocenters. The van der Waals surface area contributed by atoms with E-state index >= 15 is 0 Å². The van der Waals surface area contributed by atoms with E-state index in [1.807, 2.05) is 6.33 Å². The maximum Gasteiger partial charge on any atom is 0.0949 e. The van der Waals surface area contributed by atoms with Crippen LogP contribution in [-0.4, -0.2) is 16.1 Å². The van der Waals surface area contributed by atoms with E-state index in [-0.39, 0.29) is 0 Å². The molecule has 1 N–H and O–H groups in total. The van der Waals surface area contributed by atoms with Gasteiger partial charge in [0.15, 0.2) is 0 Å². The highest BCUT2D eigenvalue weighted by Crippen LogP contribution is 2.36. The third-order valence-corrected chi connectivity index (χ3v) is 4.45. The van der Waals surface area contributed by atoms with Crippen LogP contribution in [0.4, 0.5) is 0 Å². The van der Waals surface area contributed by atoms with Gasteiger partial charge in [0.05, 0.1) is 23.8 Å². The Balaban J connectivity index is 1.85. The van der Waals surface area contributed by atoms with E-state index in [1.165, 1.54) is 49.9 Å². The maximum atomic E-state index is 4.55. The molecule has 0 spiro atoms. The first-order chi connectivity index (χ1) is 8.36. The molecule has 0 radical (unpaired) electrons. The SMILES string of the molecule is Cn1cnc2c1C(C1CCCCCC1)NCC2. The van der Waals surface area contributed by atoms with Crippen molar-refractivity contribution in [3.8, 4) is 0 Å². The molecule has 94 valence electrons. The van der Waals surface area contributed by atoms with Crippen molar-refractivity contribution in [2.45, 2.75) is 51.0 Å². The number of rotatable bonds is 1. The van der Waals surface area contributed by atoms with E-state index < -0.39 is 0 Å². The Kier molecular flexibility index (Phi) is 3.19. The number of aromatic nitrogens is 2. The number of hydrogen-bond acceptors (Lipinski definition) is 2. The van der Waals surface area contributed by atoms with Gasteiger partial charge in [-0.3, -0.25) is 0 Å². The van der Waals surface area contributed by atoms with Gasteiger partial charge < -0.3 is 9.88 Å². The molecule has 1 atom stereocenters. The lowest BCUT2D eigenvalue weighted by Crippen LogP contribution is -2.36. The van der Waals surface area contributed by atoms with Gasteiger partial charge in [-0.15, -0.1) is 0 Å². The first-order valence-corrected chi connectivity index (χ1v) is 7.10. The molecule has 3 nitrogen and oxygen atoms in total. The van der Waals surface area contributed by atoms with Crippen LogP contribution >= 0.6 is 0 Å². The van der Waals surface area contributed by atoms with Crippen molar-refractivity contribution >= 4 is 0 Å². The number of nitrogens with one attached hydrogen (secondary N) is 1. The van der Waals surface area contributed by atoms with Crippen molar-refractivity contribution in [1.29, 1.82) is 0 Å².